The Morgan fingerprint density at radius 2 is 2.35 bits per heavy atom. The van der Waals surface area contributed by atoms with E-state index in [1.54, 1.807) is 13.3 Å². The SMILES string of the molecule is COc1ncccc1CN(C)CCCC(=O)O. The molecule has 0 atom stereocenters. The Kier molecular flexibility index (Phi) is 5.42. The Balaban J connectivity index is 2.44. The molecule has 1 heterocycles. The highest BCUT2D eigenvalue weighted by molar-refractivity contribution is 5.66. The quantitative estimate of drug-likeness (QED) is 0.777. The maximum Gasteiger partial charge on any atom is 0.303 e. The minimum Gasteiger partial charge on any atom is -0.481 e. The van der Waals surface area contributed by atoms with Gasteiger partial charge in [-0.05, 0) is 26.1 Å². The number of aliphatic carboxylic acids is 1. The lowest BCUT2D eigenvalue weighted by Crippen LogP contribution is -2.20. The standard InChI is InChI=1S/C12H18N2O3/c1-14(8-4-6-11(15)16)9-10-5-3-7-13-12(10)17-2/h3,5,7H,4,6,8-9H2,1-2H3,(H,15,16). The Morgan fingerprint density at radius 1 is 1.59 bits per heavy atom. The minimum atomic E-state index is -0.752. The molecule has 0 spiro atoms. The summed E-state index contributed by atoms with van der Waals surface area (Å²) >= 11 is 0. The van der Waals surface area contributed by atoms with E-state index in [1.165, 1.54) is 0 Å². The van der Waals surface area contributed by atoms with E-state index in [-0.39, 0.29) is 6.42 Å². The highest BCUT2D eigenvalue weighted by Crippen LogP contribution is 2.15. The van der Waals surface area contributed by atoms with Crippen molar-refractivity contribution in [2.45, 2.75) is 19.4 Å². The topological polar surface area (TPSA) is 62.7 Å². The van der Waals surface area contributed by atoms with E-state index < -0.39 is 5.97 Å². The Bertz CT molecular complexity index is 369. The third kappa shape index (κ3) is 4.82. The van der Waals surface area contributed by atoms with E-state index in [9.17, 15) is 4.79 Å². The molecule has 1 aromatic rings. The number of rotatable bonds is 7. The van der Waals surface area contributed by atoms with Gasteiger partial charge in [-0.15, -0.1) is 0 Å². The number of methoxy groups -OCH3 is 1. The predicted octanol–water partition coefficient (Wildman–Crippen LogP) is 1.39. The van der Waals surface area contributed by atoms with E-state index in [1.807, 2.05) is 19.2 Å². The van der Waals surface area contributed by atoms with Gasteiger partial charge in [0.15, 0.2) is 0 Å². The fourth-order valence-electron chi connectivity index (χ4n) is 1.60. The molecule has 0 radical (unpaired) electrons. The van der Waals surface area contributed by atoms with Gasteiger partial charge in [0.25, 0.3) is 0 Å². The first-order chi connectivity index (χ1) is 8.13. The molecule has 94 valence electrons. The van der Waals surface area contributed by atoms with E-state index in [0.717, 1.165) is 12.1 Å². The molecular formula is C12H18N2O3. The number of hydrogen-bond donors (Lipinski definition) is 1. The lowest BCUT2D eigenvalue weighted by Gasteiger charge is -2.17. The van der Waals surface area contributed by atoms with Gasteiger partial charge < -0.3 is 14.7 Å². The number of ether oxygens (including phenoxy) is 1. The zero-order valence-corrected chi connectivity index (χ0v) is 10.2. The third-order valence-corrected chi connectivity index (χ3v) is 2.41. The van der Waals surface area contributed by atoms with Crippen molar-refractivity contribution in [3.8, 4) is 5.88 Å². The molecule has 0 aromatic carbocycles. The average molecular weight is 238 g/mol. The predicted molar refractivity (Wildman–Crippen MR) is 64.0 cm³/mol. The summed E-state index contributed by atoms with van der Waals surface area (Å²) in [5.41, 5.74) is 1.01. The highest BCUT2D eigenvalue weighted by Gasteiger charge is 2.07. The Morgan fingerprint density at radius 3 is 3.00 bits per heavy atom. The summed E-state index contributed by atoms with van der Waals surface area (Å²) in [5, 5.41) is 8.55. The van der Waals surface area contributed by atoms with E-state index in [4.69, 9.17) is 9.84 Å². The van der Waals surface area contributed by atoms with E-state index >= 15 is 0 Å². The number of carboxylic acid groups (broad SMARTS) is 1. The monoisotopic (exact) mass is 238 g/mol. The van der Waals surface area contributed by atoms with Crippen molar-refractivity contribution in [1.29, 1.82) is 0 Å². The van der Waals surface area contributed by atoms with Gasteiger partial charge >= 0.3 is 5.97 Å². The normalized spacial score (nSPS) is 10.5. The van der Waals surface area contributed by atoms with Crippen molar-refractivity contribution < 1.29 is 14.6 Å². The molecule has 17 heavy (non-hydrogen) atoms. The molecule has 0 fully saturated rings. The van der Waals surface area contributed by atoms with Gasteiger partial charge in [-0.1, -0.05) is 6.07 Å². The fourth-order valence-corrected chi connectivity index (χ4v) is 1.60. The van der Waals surface area contributed by atoms with Crippen LogP contribution in [-0.4, -0.2) is 41.7 Å². The van der Waals surface area contributed by atoms with Gasteiger partial charge in [0.2, 0.25) is 5.88 Å². The summed E-state index contributed by atoms with van der Waals surface area (Å²) in [6.45, 7) is 1.45. The van der Waals surface area contributed by atoms with Crippen LogP contribution in [0, 0.1) is 0 Å². The summed E-state index contributed by atoms with van der Waals surface area (Å²) in [4.78, 5) is 16.6. The maximum atomic E-state index is 10.4. The van der Waals surface area contributed by atoms with Crippen molar-refractivity contribution in [1.82, 2.24) is 9.88 Å². The molecule has 0 saturated carbocycles. The van der Waals surface area contributed by atoms with Crippen molar-refractivity contribution in [3.05, 3.63) is 23.9 Å². The smallest absolute Gasteiger partial charge is 0.303 e. The molecule has 0 bridgehead atoms. The molecule has 1 aromatic heterocycles. The Hall–Kier alpha value is -1.62. The third-order valence-electron chi connectivity index (χ3n) is 2.41. The summed E-state index contributed by atoms with van der Waals surface area (Å²) in [6.07, 6.45) is 2.54. The van der Waals surface area contributed by atoms with Crippen molar-refractivity contribution in [3.63, 3.8) is 0 Å². The number of nitrogens with zero attached hydrogens (tertiary/aromatic N) is 2. The second kappa shape index (κ2) is 6.85. The molecule has 1 N–H and O–H groups in total. The van der Waals surface area contributed by atoms with Gasteiger partial charge in [-0.25, -0.2) is 4.98 Å². The fraction of sp³-hybridized carbons (Fsp3) is 0.500. The van der Waals surface area contributed by atoms with Gasteiger partial charge in [-0.3, -0.25) is 4.79 Å². The molecule has 0 aliphatic rings. The van der Waals surface area contributed by atoms with Crippen LogP contribution in [0.3, 0.4) is 0 Å². The molecule has 5 heteroatoms. The van der Waals surface area contributed by atoms with E-state index in [2.05, 4.69) is 9.88 Å². The molecule has 0 amide bonds. The summed E-state index contributed by atoms with van der Waals surface area (Å²) in [7, 11) is 3.55. The number of aromatic nitrogens is 1. The van der Waals surface area contributed by atoms with E-state index in [0.29, 0.717) is 18.8 Å². The van der Waals surface area contributed by atoms with Gasteiger partial charge in [0, 0.05) is 24.7 Å². The van der Waals surface area contributed by atoms with Gasteiger partial charge in [0.1, 0.15) is 0 Å². The van der Waals surface area contributed by atoms with Gasteiger partial charge in [0.05, 0.1) is 7.11 Å². The van der Waals surface area contributed by atoms with Crippen LogP contribution in [0.15, 0.2) is 18.3 Å². The number of hydrogen-bond acceptors (Lipinski definition) is 4. The van der Waals surface area contributed by atoms with Crippen LogP contribution in [0.25, 0.3) is 0 Å². The van der Waals surface area contributed by atoms with Crippen LogP contribution in [0.1, 0.15) is 18.4 Å². The zero-order chi connectivity index (χ0) is 12.7. The van der Waals surface area contributed by atoms with Crippen LogP contribution >= 0.6 is 0 Å². The first-order valence-electron chi connectivity index (χ1n) is 5.51. The number of carbonyl (C=O) groups is 1. The lowest BCUT2D eigenvalue weighted by atomic mass is 10.2. The maximum absolute atomic E-state index is 10.4. The molecule has 5 nitrogen and oxygen atoms in total. The second-order valence-electron chi connectivity index (χ2n) is 3.91. The average Bonchev–Trinajstić information content (AvgIpc) is 2.29. The first-order valence-corrected chi connectivity index (χ1v) is 5.51. The second-order valence-corrected chi connectivity index (χ2v) is 3.91. The molecular weight excluding hydrogens is 220 g/mol. The summed E-state index contributed by atoms with van der Waals surface area (Å²) in [6, 6.07) is 3.82. The van der Waals surface area contributed by atoms with Crippen LogP contribution < -0.4 is 4.74 Å². The van der Waals surface area contributed by atoms with Crippen LogP contribution in [0.5, 0.6) is 5.88 Å². The van der Waals surface area contributed by atoms with Crippen LogP contribution in [0.4, 0.5) is 0 Å². The first kappa shape index (κ1) is 13.4. The zero-order valence-electron chi connectivity index (χ0n) is 10.2. The Labute approximate surface area is 101 Å². The minimum absolute atomic E-state index is 0.203. The van der Waals surface area contributed by atoms with Crippen molar-refractivity contribution in [2.24, 2.45) is 0 Å². The number of pyridine rings is 1. The van der Waals surface area contributed by atoms with Crippen molar-refractivity contribution in [2.75, 3.05) is 20.7 Å². The highest BCUT2D eigenvalue weighted by atomic mass is 16.5. The molecule has 0 unspecified atom stereocenters. The molecule has 0 aliphatic carbocycles. The largest absolute Gasteiger partial charge is 0.481 e. The summed E-state index contributed by atoms with van der Waals surface area (Å²) < 4.78 is 5.16. The van der Waals surface area contributed by atoms with Gasteiger partial charge in [-0.2, -0.15) is 0 Å². The lowest BCUT2D eigenvalue weighted by molar-refractivity contribution is -0.137. The summed E-state index contributed by atoms with van der Waals surface area (Å²) in [5.74, 6) is -0.130. The molecule has 0 aliphatic heterocycles. The van der Waals surface area contributed by atoms with Crippen LogP contribution in [-0.2, 0) is 11.3 Å². The molecule has 0 saturated heterocycles. The van der Waals surface area contributed by atoms with Crippen molar-refractivity contribution >= 4 is 5.97 Å². The van der Waals surface area contributed by atoms with Crippen LogP contribution in [0.2, 0.25) is 0 Å². The molecule has 1 rings (SSSR count). The number of carboxylic acids is 1.